The first kappa shape index (κ1) is 13.2. The normalized spacial score (nSPS) is 21.9. The Hall–Kier alpha value is -0.870. The maximum atomic E-state index is 11.3. The van der Waals surface area contributed by atoms with E-state index in [1.54, 1.807) is 0 Å². The van der Waals surface area contributed by atoms with Crippen LogP contribution in [-0.4, -0.2) is 38.9 Å². The summed E-state index contributed by atoms with van der Waals surface area (Å²) in [5, 5.41) is 3.36. The van der Waals surface area contributed by atoms with Crippen molar-refractivity contribution < 1.29 is 14.3 Å². The molecule has 0 aromatic heterocycles. The van der Waals surface area contributed by atoms with Gasteiger partial charge in [0.2, 0.25) is 0 Å². The highest BCUT2D eigenvalue weighted by molar-refractivity contribution is 5.88. The van der Waals surface area contributed by atoms with Gasteiger partial charge < -0.3 is 14.8 Å². The number of rotatable bonds is 5. The molecule has 1 N–H and O–H groups in total. The maximum Gasteiger partial charge on any atom is 0.333 e. The summed E-state index contributed by atoms with van der Waals surface area (Å²) >= 11 is 0. The number of esters is 1. The number of methoxy groups -OCH3 is 1. The fourth-order valence-corrected chi connectivity index (χ4v) is 1.75. The third-order valence-electron chi connectivity index (χ3n) is 2.74. The van der Waals surface area contributed by atoms with Crippen LogP contribution in [0.5, 0.6) is 0 Å². The second-order valence-corrected chi connectivity index (χ2v) is 3.90. The molecule has 0 bridgehead atoms. The summed E-state index contributed by atoms with van der Waals surface area (Å²) in [6.07, 6.45) is 4.86. The molecule has 0 aromatic rings. The molecule has 1 atom stereocenters. The lowest BCUT2D eigenvalue weighted by Crippen LogP contribution is -2.36. The summed E-state index contributed by atoms with van der Waals surface area (Å²) in [5.41, 5.74) is 0.728. The van der Waals surface area contributed by atoms with Gasteiger partial charge in [-0.15, -0.1) is 0 Å². The van der Waals surface area contributed by atoms with Crippen molar-refractivity contribution in [1.29, 1.82) is 0 Å². The van der Waals surface area contributed by atoms with Crippen LogP contribution in [0.25, 0.3) is 0 Å². The molecule has 0 saturated carbocycles. The smallest absolute Gasteiger partial charge is 0.333 e. The Kier molecular flexibility index (Phi) is 6.11. The number of hydrogen-bond donors (Lipinski definition) is 1. The van der Waals surface area contributed by atoms with Gasteiger partial charge in [-0.2, -0.15) is 0 Å². The Labute approximate surface area is 97.0 Å². The van der Waals surface area contributed by atoms with Gasteiger partial charge in [0.15, 0.2) is 0 Å². The fraction of sp³-hybridized carbons (Fsp3) is 0.750. The van der Waals surface area contributed by atoms with Crippen LogP contribution >= 0.6 is 0 Å². The molecule has 1 aliphatic rings. The largest absolute Gasteiger partial charge is 0.466 e. The summed E-state index contributed by atoms with van der Waals surface area (Å²) < 4.78 is 10.0. The van der Waals surface area contributed by atoms with E-state index < -0.39 is 0 Å². The van der Waals surface area contributed by atoms with Crippen molar-refractivity contribution in [1.82, 2.24) is 5.32 Å². The van der Waals surface area contributed by atoms with Gasteiger partial charge in [0.25, 0.3) is 0 Å². The Morgan fingerprint density at radius 2 is 2.44 bits per heavy atom. The highest BCUT2D eigenvalue weighted by atomic mass is 16.5. The summed E-state index contributed by atoms with van der Waals surface area (Å²) in [7, 11) is 1.41. The predicted molar refractivity (Wildman–Crippen MR) is 62.2 cm³/mol. The van der Waals surface area contributed by atoms with E-state index in [2.05, 4.69) is 10.1 Å². The minimum atomic E-state index is -0.232. The van der Waals surface area contributed by atoms with E-state index in [4.69, 9.17) is 4.74 Å². The van der Waals surface area contributed by atoms with Gasteiger partial charge in [-0.3, -0.25) is 0 Å². The van der Waals surface area contributed by atoms with E-state index in [-0.39, 0.29) is 5.97 Å². The molecule has 1 fully saturated rings. The second-order valence-electron chi connectivity index (χ2n) is 3.90. The van der Waals surface area contributed by atoms with E-state index in [9.17, 15) is 4.79 Å². The van der Waals surface area contributed by atoms with Crippen molar-refractivity contribution in [2.24, 2.45) is 0 Å². The monoisotopic (exact) mass is 227 g/mol. The molecule has 16 heavy (non-hydrogen) atoms. The van der Waals surface area contributed by atoms with Crippen LogP contribution in [0.1, 0.15) is 26.2 Å². The van der Waals surface area contributed by atoms with Crippen molar-refractivity contribution in [3.63, 3.8) is 0 Å². The van der Waals surface area contributed by atoms with Gasteiger partial charge in [0, 0.05) is 24.8 Å². The summed E-state index contributed by atoms with van der Waals surface area (Å²) in [6, 6.07) is 0.417. The van der Waals surface area contributed by atoms with Crippen LogP contribution < -0.4 is 5.32 Å². The molecule has 0 radical (unpaired) electrons. The number of nitrogens with one attached hydrogen (secondary N) is 1. The molecule has 4 heteroatoms. The molecular weight excluding hydrogens is 206 g/mol. The molecule has 92 valence electrons. The third kappa shape index (κ3) is 4.33. The molecule has 0 aromatic carbocycles. The van der Waals surface area contributed by atoms with Gasteiger partial charge in [0.1, 0.15) is 0 Å². The molecule has 0 amide bonds. The quantitative estimate of drug-likeness (QED) is 0.567. The standard InChI is InChI=1S/C12H21NO3/c1-3-10(12(14)15-2)6-7-13-11-5-4-8-16-9-11/h6,11,13H,3-5,7-9H2,1-2H3. The number of carbonyl (C=O) groups excluding carboxylic acids is 1. The molecule has 1 heterocycles. The molecule has 1 unspecified atom stereocenters. The minimum Gasteiger partial charge on any atom is -0.466 e. The van der Waals surface area contributed by atoms with Gasteiger partial charge in [-0.1, -0.05) is 13.0 Å². The highest BCUT2D eigenvalue weighted by Crippen LogP contribution is 2.06. The molecule has 1 rings (SSSR count). The van der Waals surface area contributed by atoms with Crippen molar-refractivity contribution in [3.8, 4) is 0 Å². The van der Waals surface area contributed by atoms with Crippen molar-refractivity contribution in [2.75, 3.05) is 26.9 Å². The van der Waals surface area contributed by atoms with E-state index in [1.807, 2.05) is 13.0 Å². The average Bonchev–Trinajstić information content (AvgIpc) is 2.35. The molecular formula is C12H21NO3. The Bertz CT molecular complexity index is 245. The molecule has 0 aliphatic carbocycles. The Balaban J connectivity index is 2.30. The lowest BCUT2D eigenvalue weighted by atomic mass is 10.1. The Morgan fingerprint density at radius 1 is 1.62 bits per heavy atom. The van der Waals surface area contributed by atoms with Crippen LogP contribution in [-0.2, 0) is 14.3 Å². The van der Waals surface area contributed by atoms with E-state index in [0.717, 1.165) is 31.6 Å². The van der Waals surface area contributed by atoms with Gasteiger partial charge >= 0.3 is 5.97 Å². The molecule has 1 saturated heterocycles. The molecule has 0 spiro atoms. The predicted octanol–water partition coefficient (Wildman–Crippen LogP) is 1.26. The number of ether oxygens (including phenoxy) is 2. The Morgan fingerprint density at radius 3 is 3.00 bits per heavy atom. The first-order valence-corrected chi connectivity index (χ1v) is 5.86. The van der Waals surface area contributed by atoms with Crippen LogP contribution in [0.2, 0.25) is 0 Å². The van der Waals surface area contributed by atoms with Gasteiger partial charge in [-0.25, -0.2) is 4.79 Å². The zero-order valence-corrected chi connectivity index (χ0v) is 10.1. The fourth-order valence-electron chi connectivity index (χ4n) is 1.75. The average molecular weight is 227 g/mol. The lowest BCUT2D eigenvalue weighted by Gasteiger charge is -2.22. The third-order valence-corrected chi connectivity index (χ3v) is 2.74. The molecule has 1 aliphatic heterocycles. The van der Waals surface area contributed by atoms with Crippen LogP contribution in [0.3, 0.4) is 0 Å². The summed E-state index contributed by atoms with van der Waals surface area (Å²) in [4.78, 5) is 11.3. The number of carbonyl (C=O) groups is 1. The van der Waals surface area contributed by atoms with Crippen LogP contribution in [0.15, 0.2) is 11.6 Å². The van der Waals surface area contributed by atoms with E-state index in [1.165, 1.54) is 7.11 Å². The van der Waals surface area contributed by atoms with Gasteiger partial charge in [0.05, 0.1) is 13.7 Å². The van der Waals surface area contributed by atoms with Crippen molar-refractivity contribution in [3.05, 3.63) is 11.6 Å². The first-order valence-electron chi connectivity index (χ1n) is 5.86. The number of hydrogen-bond acceptors (Lipinski definition) is 4. The zero-order valence-electron chi connectivity index (χ0n) is 10.1. The first-order chi connectivity index (χ1) is 7.77. The van der Waals surface area contributed by atoms with Gasteiger partial charge in [-0.05, 0) is 19.3 Å². The molecule has 4 nitrogen and oxygen atoms in total. The SMILES string of the molecule is CCC(=CCNC1CCCOC1)C(=O)OC. The van der Waals surface area contributed by atoms with Crippen LogP contribution in [0.4, 0.5) is 0 Å². The van der Waals surface area contributed by atoms with Crippen LogP contribution in [0, 0.1) is 0 Å². The highest BCUT2D eigenvalue weighted by Gasteiger charge is 2.12. The minimum absolute atomic E-state index is 0.232. The summed E-state index contributed by atoms with van der Waals surface area (Å²) in [5.74, 6) is -0.232. The summed E-state index contributed by atoms with van der Waals surface area (Å²) in [6.45, 7) is 4.29. The van der Waals surface area contributed by atoms with Crippen molar-refractivity contribution >= 4 is 5.97 Å². The lowest BCUT2D eigenvalue weighted by molar-refractivity contribution is -0.136. The zero-order chi connectivity index (χ0) is 11.8. The van der Waals surface area contributed by atoms with E-state index >= 15 is 0 Å². The maximum absolute atomic E-state index is 11.3. The van der Waals surface area contributed by atoms with E-state index in [0.29, 0.717) is 19.0 Å². The second kappa shape index (κ2) is 7.41. The van der Waals surface area contributed by atoms with Crippen molar-refractivity contribution in [2.45, 2.75) is 32.2 Å². The topological polar surface area (TPSA) is 47.6 Å².